The van der Waals surface area contributed by atoms with E-state index >= 15 is 0 Å². The van der Waals surface area contributed by atoms with E-state index in [1.165, 1.54) is 31.2 Å². The first-order valence-corrected chi connectivity index (χ1v) is 8.84. The first kappa shape index (κ1) is 20.1. The van der Waals surface area contributed by atoms with Crippen molar-refractivity contribution in [1.82, 2.24) is 5.32 Å². The van der Waals surface area contributed by atoms with Crippen molar-refractivity contribution in [3.8, 4) is 5.75 Å². The zero-order valence-corrected chi connectivity index (χ0v) is 15.2. The van der Waals surface area contributed by atoms with Crippen molar-refractivity contribution in [2.45, 2.75) is 58.8 Å². The maximum atomic E-state index is 12.3. The van der Waals surface area contributed by atoms with E-state index in [-0.39, 0.29) is 23.3 Å². The highest BCUT2D eigenvalue weighted by molar-refractivity contribution is 5.92. The topological polar surface area (TPSA) is 64.6 Å². The number of ether oxygens (including phenoxy) is 2. The number of hydrogen-bond donors (Lipinski definition) is 1. The minimum atomic E-state index is -2.93. The van der Waals surface area contributed by atoms with E-state index in [4.69, 9.17) is 4.74 Å². The van der Waals surface area contributed by atoms with Crippen molar-refractivity contribution in [3.63, 3.8) is 0 Å². The maximum Gasteiger partial charge on any atom is 0.387 e. The van der Waals surface area contributed by atoms with Gasteiger partial charge in [0.15, 0.2) is 6.10 Å². The Labute approximate surface area is 152 Å². The number of amides is 1. The zero-order chi connectivity index (χ0) is 19.3. The molecule has 5 nitrogen and oxygen atoms in total. The molecule has 26 heavy (non-hydrogen) atoms. The average Bonchev–Trinajstić information content (AvgIpc) is 2.59. The normalized spacial score (nSPS) is 24.0. The summed E-state index contributed by atoms with van der Waals surface area (Å²) in [6.07, 6.45) is 2.20. The number of nitrogens with one attached hydrogen (secondary N) is 1. The largest absolute Gasteiger partial charge is 0.449 e. The highest BCUT2D eigenvalue weighted by Gasteiger charge is 2.30. The molecule has 1 amide bonds. The summed E-state index contributed by atoms with van der Waals surface area (Å²) in [6.45, 7) is 2.88. The minimum absolute atomic E-state index is 0.0530. The van der Waals surface area contributed by atoms with Crippen LogP contribution in [0, 0.1) is 11.8 Å². The van der Waals surface area contributed by atoms with Crippen LogP contribution in [0.25, 0.3) is 0 Å². The highest BCUT2D eigenvalue weighted by atomic mass is 19.3. The smallest absolute Gasteiger partial charge is 0.387 e. The Morgan fingerprint density at radius 3 is 2.42 bits per heavy atom. The van der Waals surface area contributed by atoms with Crippen LogP contribution < -0.4 is 10.1 Å². The number of alkyl halides is 2. The highest BCUT2D eigenvalue weighted by Crippen LogP contribution is 2.29. The fraction of sp³-hybridized carbons (Fsp3) is 0.579. The van der Waals surface area contributed by atoms with E-state index in [0.29, 0.717) is 11.8 Å². The second-order valence-corrected chi connectivity index (χ2v) is 6.83. The molecule has 1 N–H and O–H groups in total. The van der Waals surface area contributed by atoms with Gasteiger partial charge in [0.25, 0.3) is 5.91 Å². The number of esters is 1. The van der Waals surface area contributed by atoms with Crippen LogP contribution >= 0.6 is 0 Å². The summed E-state index contributed by atoms with van der Waals surface area (Å²) >= 11 is 0. The predicted molar refractivity (Wildman–Crippen MR) is 92.1 cm³/mol. The summed E-state index contributed by atoms with van der Waals surface area (Å²) < 4.78 is 33.7. The van der Waals surface area contributed by atoms with E-state index in [1.807, 2.05) is 0 Å². The third-order valence-electron chi connectivity index (χ3n) is 5.00. The fourth-order valence-corrected chi connectivity index (χ4v) is 3.14. The average molecular weight is 369 g/mol. The summed E-state index contributed by atoms with van der Waals surface area (Å²) in [5.41, 5.74) is 0.158. The molecule has 2 rings (SSSR count). The quantitative estimate of drug-likeness (QED) is 0.775. The fourth-order valence-electron chi connectivity index (χ4n) is 3.14. The van der Waals surface area contributed by atoms with E-state index in [2.05, 4.69) is 23.9 Å². The van der Waals surface area contributed by atoms with E-state index in [0.717, 1.165) is 19.3 Å². The molecule has 1 aliphatic rings. The van der Waals surface area contributed by atoms with Gasteiger partial charge in [-0.25, -0.2) is 4.79 Å². The third-order valence-corrected chi connectivity index (χ3v) is 5.00. The van der Waals surface area contributed by atoms with Crippen molar-refractivity contribution in [2.75, 3.05) is 0 Å². The summed E-state index contributed by atoms with van der Waals surface area (Å²) in [5, 5.41) is 2.97. The summed E-state index contributed by atoms with van der Waals surface area (Å²) in [4.78, 5) is 24.4. The van der Waals surface area contributed by atoms with Crippen LogP contribution in [-0.2, 0) is 9.53 Å². The number of hydrogen-bond acceptors (Lipinski definition) is 4. The van der Waals surface area contributed by atoms with Crippen molar-refractivity contribution in [1.29, 1.82) is 0 Å². The Hall–Kier alpha value is -2.18. The van der Waals surface area contributed by atoms with Crippen molar-refractivity contribution in [2.24, 2.45) is 11.8 Å². The molecule has 0 radical (unpaired) electrons. The van der Waals surface area contributed by atoms with Gasteiger partial charge in [-0.3, -0.25) is 4.79 Å². The lowest BCUT2D eigenvalue weighted by molar-refractivity contribution is -0.130. The van der Waals surface area contributed by atoms with Crippen LogP contribution in [0.4, 0.5) is 8.78 Å². The number of benzene rings is 1. The molecule has 1 fully saturated rings. The molecule has 0 bridgehead atoms. The van der Waals surface area contributed by atoms with Gasteiger partial charge in [0.05, 0.1) is 5.56 Å². The van der Waals surface area contributed by atoms with Gasteiger partial charge >= 0.3 is 12.6 Å². The van der Waals surface area contributed by atoms with Crippen LogP contribution in [0.3, 0.4) is 0 Å². The van der Waals surface area contributed by atoms with Gasteiger partial charge in [0.1, 0.15) is 5.75 Å². The van der Waals surface area contributed by atoms with Gasteiger partial charge in [-0.1, -0.05) is 26.7 Å². The second kappa shape index (κ2) is 8.96. The Kier molecular flexibility index (Phi) is 6.94. The van der Waals surface area contributed by atoms with Gasteiger partial charge in [-0.05, 0) is 49.4 Å². The standard InChI is InChI=1S/C19H25F2NO4/c1-11-5-4-6-16(12(11)2)22-17(23)13(3)25-18(24)14-7-9-15(10-8-14)26-19(20)21/h7-13,16,19H,4-6H2,1-3H3,(H,22,23)/t11-,12+,13+,16-/m0/s1. The minimum Gasteiger partial charge on any atom is -0.449 e. The van der Waals surface area contributed by atoms with Crippen LogP contribution in [0.5, 0.6) is 5.75 Å². The van der Waals surface area contributed by atoms with Gasteiger partial charge in [-0.2, -0.15) is 8.78 Å². The van der Waals surface area contributed by atoms with Crippen LogP contribution in [0.1, 0.15) is 50.4 Å². The van der Waals surface area contributed by atoms with Crippen molar-refractivity contribution < 1.29 is 27.8 Å². The number of rotatable bonds is 6. The summed E-state index contributed by atoms with van der Waals surface area (Å²) in [6, 6.07) is 5.21. The summed E-state index contributed by atoms with van der Waals surface area (Å²) in [7, 11) is 0. The van der Waals surface area contributed by atoms with Gasteiger partial charge < -0.3 is 14.8 Å². The first-order chi connectivity index (χ1) is 12.3. The molecule has 1 aromatic rings. The van der Waals surface area contributed by atoms with Gasteiger partial charge in [0.2, 0.25) is 0 Å². The van der Waals surface area contributed by atoms with E-state index in [1.54, 1.807) is 0 Å². The first-order valence-electron chi connectivity index (χ1n) is 8.84. The molecule has 7 heteroatoms. The molecule has 1 saturated carbocycles. The van der Waals surface area contributed by atoms with E-state index < -0.39 is 18.7 Å². The molecule has 0 aliphatic heterocycles. The number of halogens is 2. The lowest BCUT2D eigenvalue weighted by atomic mass is 9.78. The van der Waals surface area contributed by atoms with Gasteiger partial charge in [-0.15, -0.1) is 0 Å². The molecular weight excluding hydrogens is 344 g/mol. The summed E-state index contributed by atoms with van der Waals surface area (Å²) in [5.74, 6) is -0.162. The SMILES string of the molecule is C[C@H]1[C@@H](NC(=O)[C@@H](C)OC(=O)c2ccc(OC(F)F)cc2)CCC[C@@H]1C. The molecule has 4 atom stereocenters. The lowest BCUT2D eigenvalue weighted by Gasteiger charge is -2.35. The van der Waals surface area contributed by atoms with Gasteiger partial charge in [0, 0.05) is 6.04 Å². The molecule has 0 saturated heterocycles. The molecule has 0 spiro atoms. The third kappa shape index (κ3) is 5.41. The zero-order valence-electron chi connectivity index (χ0n) is 15.2. The van der Waals surface area contributed by atoms with E-state index in [9.17, 15) is 18.4 Å². The second-order valence-electron chi connectivity index (χ2n) is 6.83. The monoisotopic (exact) mass is 369 g/mol. The Bertz CT molecular complexity index is 620. The molecule has 1 aromatic carbocycles. The number of carbonyl (C=O) groups excluding carboxylic acids is 2. The molecule has 0 aromatic heterocycles. The molecule has 1 aliphatic carbocycles. The molecule has 144 valence electrons. The van der Waals surface area contributed by atoms with Crippen molar-refractivity contribution in [3.05, 3.63) is 29.8 Å². The van der Waals surface area contributed by atoms with Crippen LogP contribution in [0.15, 0.2) is 24.3 Å². The van der Waals surface area contributed by atoms with Crippen LogP contribution in [-0.4, -0.2) is 30.6 Å². The van der Waals surface area contributed by atoms with Crippen LogP contribution in [0.2, 0.25) is 0 Å². The maximum absolute atomic E-state index is 12.3. The van der Waals surface area contributed by atoms with Crippen molar-refractivity contribution >= 4 is 11.9 Å². The molecule has 0 unspecified atom stereocenters. The Balaban J connectivity index is 1.88. The Morgan fingerprint density at radius 2 is 1.81 bits per heavy atom. The molecule has 0 heterocycles. The molecular formula is C19H25F2NO4. The predicted octanol–water partition coefficient (Wildman–Crippen LogP) is 3.77. The lowest BCUT2D eigenvalue weighted by Crippen LogP contribution is -2.47. The number of carbonyl (C=O) groups is 2. The Morgan fingerprint density at radius 1 is 1.15 bits per heavy atom.